The molecule has 1 aliphatic rings. The Morgan fingerprint density at radius 3 is 2.40 bits per heavy atom. The number of anilines is 2. The van der Waals surface area contributed by atoms with Gasteiger partial charge in [-0.1, -0.05) is 13.8 Å². The number of rotatable bonds is 6. The van der Waals surface area contributed by atoms with Crippen LogP contribution < -0.4 is 15.0 Å². The van der Waals surface area contributed by atoms with Crippen LogP contribution in [-0.2, 0) is 10.3 Å². The lowest BCUT2D eigenvalue weighted by atomic mass is 9.85. The fourth-order valence-electron chi connectivity index (χ4n) is 3.57. The number of benzene rings is 2. The van der Waals surface area contributed by atoms with Crippen LogP contribution in [0, 0.1) is 10.1 Å². The van der Waals surface area contributed by atoms with Gasteiger partial charge in [0.2, 0.25) is 0 Å². The van der Waals surface area contributed by atoms with Gasteiger partial charge in [-0.3, -0.25) is 19.8 Å². The zero-order chi connectivity index (χ0) is 22.1. The molecule has 0 bridgehead atoms. The van der Waals surface area contributed by atoms with Crippen LogP contribution in [0.15, 0.2) is 36.4 Å². The molecule has 0 aromatic heterocycles. The van der Waals surface area contributed by atoms with Crippen molar-refractivity contribution in [1.82, 2.24) is 0 Å². The van der Waals surface area contributed by atoms with E-state index in [4.69, 9.17) is 9.47 Å². The molecule has 1 heterocycles. The first-order valence-corrected chi connectivity index (χ1v) is 9.51. The molecule has 0 atom stereocenters. The summed E-state index contributed by atoms with van der Waals surface area (Å²) in [6, 6.07) is 9.23. The number of hydrogen-bond acceptors (Lipinski definition) is 6. The number of nitro benzene ring substituents is 1. The summed E-state index contributed by atoms with van der Waals surface area (Å²) in [4.78, 5) is 37.4. The van der Waals surface area contributed by atoms with Gasteiger partial charge in [-0.05, 0) is 43.2 Å². The molecule has 30 heavy (non-hydrogen) atoms. The Hall–Kier alpha value is -3.62. The lowest BCUT2D eigenvalue weighted by molar-refractivity contribution is -0.383. The zero-order valence-electron chi connectivity index (χ0n) is 17.2. The van der Waals surface area contributed by atoms with Crippen molar-refractivity contribution in [3.05, 3.63) is 57.6 Å². The SMILES string of the molecule is CCC1(CC)OC(=O)N(C)c2cc([N+](=O)[O-])c(NC(=O)c3ccc(OC)cc3)cc21. The van der Waals surface area contributed by atoms with Crippen LogP contribution in [0.5, 0.6) is 5.75 Å². The van der Waals surface area contributed by atoms with Crippen molar-refractivity contribution in [3.8, 4) is 5.75 Å². The normalized spacial score (nSPS) is 14.5. The minimum atomic E-state index is -0.923. The molecular weight excluding hydrogens is 390 g/mol. The number of nitro groups is 1. The van der Waals surface area contributed by atoms with E-state index in [0.29, 0.717) is 35.4 Å². The number of carbonyl (C=O) groups excluding carboxylic acids is 2. The molecule has 2 aromatic rings. The van der Waals surface area contributed by atoms with Gasteiger partial charge < -0.3 is 14.8 Å². The van der Waals surface area contributed by atoms with Crippen LogP contribution in [-0.4, -0.2) is 31.1 Å². The molecule has 0 saturated heterocycles. The average Bonchev–Trinajstić information content (AvgIpc) is 2.76. The number of methoxy groups -OCH3 is 1. The van der Waals surface area contributed by atoms with Crippen molar-refractivity contribution in [1.29, 1.82) is 0 Å². The Bertz CT molecular complexity index is 999. The smallest absolute Gasteiger partial charge is 0.414 e. The van der Waals surface area contributed by atoms with E-state index in [1.807, 2.05) is 13.8 Å². The largest absolute Gasteiger partial charge is 0.497 e. The van der Waals surface area contributed by atoms with Gasteiger partial charge >= 0.3 is 6.09 Å². The van der Waals surface area contributed by atoms with E-state index >= 15 is 0 Å². The highest BCUT2D eigenvalue weighted by Gasteiger charge is 2.43. The Balaban J connectivity index is 2.09. The fourth-order valence-corrected chi connectivity index (χ4v) is 3.57. The Kier molecular flexibility index (Phi) is 5.64. The van der Waals surface area contributed by atoms with Crippen LogP contribution in [0.3, 0.4) is 0 Å². The third kappa shape index (κ3) is 3.54. The van der Waals surface area contributed by atoms with Crippen LogP contribution in [0.1, 0.15) is 42.6 Å². The number of ether oxygens (including phenoxy) is 2. The standard InChI is InChI=1S/C21H23N3O6/c1-5-21(6-2)15-11-16(22-19(25)13-7-9-14(29-4)10-8-13)18(24(27)28)12-17(15)23(3)20(26)30-21/h7-12H,5-6H2,1-4H3,(H,22,25). The third-order valence-electron chi connectivity index (χ3n) is 5.46. The molecule has 2 amide bonds. The van der Waals surface area contributed by atoms with Crippen molar-refractivity contribution in [2.24, 2.45) is 0 Å². The summed E-state index contributed by atoms with van der Waals surface area (Å²) in [5.41, 5.74) is 0.140. The summed E-state index contributed by atoms with van der Waals surface area (Å²) in [5.74, 6) is 0.0901. The van der Waals surface area contributed by atoms with Crippen molar-refractivity contribution in [3.63, 3.8) is 0 Å². The highest BCUT2D eigenvalue weighted by Crippen LogP contribution is 2.46. The van der Waals surface area contributed by atoms with E-state index in [1.54, 1.807) is 24.3 Å². The third-order valence-corrected chi connectivity index (χ3v) is 5.46. The van der Waals surface area contributed by atoms with Crippen molar-refractivity contribution in [2.45, 2.75) is 32.3 Å². The number of nitrogens with one attached hydrogen (secondary N) is 1. The van der Waals surface area contributed by atoms with Crippen molar-refractivity contribution < 1.29 is 24.0 Å². The monoisotopic (exact) mass is 413 g/mol. The molecule has 0 saturated carbocycles. The first-order chi connectivity index (χ1) is 14.3. The minimum Gasteiger partial charge on any atom is -0.497 e. The van der Waals surface area contributed by atoms with E-state index in [-0.39, 0.29) is 11.4 Å². The Morgan fingerprint density at radius 2 is 1.87 bits per heavy atom. The lowest BCUT2D eigenvalue weighted by Gasteiger charge is -2.40. The molecule has 0 aliphatic carbocycles. The van der Waals surface area contributed by atoms with E-state index in [9.17, 15) is 19.7 Å². The number of hydrogen-bond donors (Lipinski definition) is 1. The molecule has 1 N–H and O–H groups in total. The lowest BCUT2D eigenvalue weighted by Crippen LogP contribution is -2.44. The van der Waals surface area contributed by atoms with Crippen molar-refractivity contribution >= 4 is 29.1 Å². The van der Waals surface area contributed by atoms with Crippen molar-refractivity contribution in [2.75, 3.05) is 24.4 Å². The molecule has 0 spiro atoms. The van der Waals surface area contributed by atoms with Gasteiger partial charge in [0, 0.05) is 24.2 Å². The quantitative estimate of drug-likeness (QED) is 0.553. The maximum absolute atomic E-state index is 12.7. The first-order valence-electron chi connectivity index (χ1n) is 9.51. The number of fused-ring (bicyclic) bond motifs is 1. The number of cyclic esters (lactones) is 1. The van der Waals surface area contributed by atoms with Gasteiger partial charge in [0.1, 0.15) is 17.0 Å². The summed E-state index contributed by atoms with van der Waals surface area (Å²) < 4.78 is 10.8. The summed E-state index contributed by atoms with van der Waals surface area (Å²) in [7, 11) is 3.01. The molecule has 0 radical (unpaired) electrons. The topological polar surface area (TPSA) is 111 Å². The minimum absolute atomic E-state index is 0.0391. The molecule has 9 heteroatoms. The van der Waals surface area contributed by atoms with Gasteiger partial charge in [-0.2, -0.15) is 0 Å². The predicted octanol–water partition coefficient (Wildman–Crippen LogP) is 4.46. The summed E-state index contributed by atoms with van der Waals surface area (Å²) in [6.07, 6.45) is 0.398. The molecule has 0 fully saturated rings. The molecular formula is C21H23N3O6. The van der Waals surface area contributed by atoms with Gasteiger partial charge in [-0.15, -0.1) is 0 Å². The van der Waals surface area contributed by atoms with E-state index in [1.165, 1.54) is 31.2 Å². The van der Waals surface area contributed by atoms with Crippen LogP contribution in [0.4, 0.5) is 21.9 Å². The molecule has 1 aliphatic heterocycles. The highest BCUT2D eigenvalue weighted by molar-refractivity contribution is 6.06. The van der Waals surface area contributed by atoms with Gasteiger partial charge in [0.15, 0.2) is 0 Å². The second-order valence-electron chi connectivity index (χ2n) is 6.95. The summed E-state index contributed by atoms with van der Waals surface area (Å²) >= 11 is 0. The number of carbonyl (C=O) groups is 2. The van der Waals surface area contributed by atoms with Gasteiger partial charge in [-0.25, -0.2) is 4.79 Å². The number of amides is 2. The Labute approximate surface area is 173 Å². The van der Waals surface area contributed by atoms with Crippen LogP contribution >= 0.6 is 0 Å². The first kappa shape index (κ1) is 21.1. The van der Waals surface area contributed by atoms with Gasteiger partial charge in [0.25, 0.3) is 11.6 Å². The highest BCUT2D eigenvalue weighted by atomic mass is 16.6. The predicted molar refractivity (Wildman–Crippen MR) is 111 cm³/mol. The molecule has 158 valence electrons. The second kappa shape index (κ2) is 8.02. The van der Waals surface area contributed by atoms with E-state index in [2.05, 4.69) is 5.32 Å². The van der Waals surface area contributed by atoms with Gasteiger partial charge in [0.05, 0.1) is 17.7 Å². The van der Waals surface area contributed by atoms with Crippen LogP contribution in [0.2, 0.25) is 0 Å². The maximum atomic E-state index is 12.7. The fraction of sp³-hybridized carbons (Fsp3) is 0.333. The van der Waals surface area contributed by atoms with E-state index in [0.717, 1.165) is 0 Å². The average molecular weight is 413 g/mol. The summed E-state index contributed by atoms with van der Waals surface area (Å²) in [6.45, 7) is 3.76. The zero-order valence-corrected chi connectivity index (χ0v) is 17.2. The Morgan fingerprint density at radius 1 is 1.23 bits per heavy atom. The molecule has 2 aromatic carbocycles. The second-order valence-corrected chi connectivity index (χ2v) is 6.95. The summed E-state index contributed by atoms with van der Waals surface area (Å²) in [5, 5.41) is 14.3. The maximum Gasteiger partial charge on any atom is 0.414 e. The number of nitrogens with zero attached hydrogens (tertiary/aromatic N) is 2. The van der Waals surface area contributed by atoms with E-state index < -0.39 is 22.5 Å². The van der Waals surface area contributed by atoms with Crippen LogP contribution in [0.25, 0.3) is 0 Å². The molecule has 0 unspecified atom stereocenters. The molecule has 3 rings (SSSR count). The molecule has 9 nitrogen and oxygen atoms in total.